The van der Waals surface area contributed by atoms with Gasteiger partial charge < -0.3 is 34.5 Å². The fourth-order valence-electron chi connectivity index (χ4n) is 4.55. The zero-order chi connectivity index (χ0) is 26.2. The van der Waals surface area contributed by atoms with Crippen LogP contribution in [-0.4, -0.2) is 75.9 Å². The second-order valence-electron chi connectivity index (χ2n) is 9.01. The molecule has 3 amide bonds. The van der Waals surface area contributed by atoms with Gasteiger partial charge in [-0.1, -0.05) is 0 Å². The van der Waals surface area contributed by atoms with Gasteiger partial charge >= 0.3 is 0 Å². The fourth-order valence-corrected chi connectivity index (χ4v) is 4.55. The van der Waals surface area contributed by atoms with Gasteiger partial charge in [-0.2, -0.15) is 0 Å². The number of ether oxygens (including phenoxy) is 4. The Morgan fingerprint density at radius 1 is 1.00 bits per heavy atom. The number of carbonyl (C=O) groups excluding carboxylic acids is 3. The zero-order valence-corrected chi connectivity index (χ0v) is 21.2. The molecule has 2 aromatic carbocycles. The van der Waals surface area contributed by atoms with Gasteiger partial charge in [0.1, 0.15) is 11.8 Å². The molecule has 198 valence electrons. The van der Waals surface area contributed by atoms with Gasteiger partial charge in [-0.15, -0.1) is 0 Å². The smallest absolute Gasteiger partial charge is 0.253 e. The van der Waals surface area contributed by atoms with Crippen LogP contribution in [0.2, 0.25) is 0 Å². The highest BCUT2D eigenvalue weighted by Gasteiger charge is 2.34. The molecule has 4 rings (SSSR count). The highest BCUT2D eigenvalue weighted by Crippen LogP contribution is 2.33. The Kier molecular flexibility index (Phi) is 8.84. The van der Waals surface area contributed by atoms with Crippen LogP contribution in [0.3, 0.4) is 0 Å². The van der Waals surface area contributed by atoms with Crippen LogP contribution in [-0.2, 0) is 9.53 Å². The summed E-state index contributed by atoms with van der Waals surface area (Å²) in [6.07, 6.45) is 1.83. The van der Waals surface area contributed by atoms with E-state index in [1.165, 1.54) is 0 Å². The van der Waals surface area contributed by atoms with Crippen LogP contribution in [0.15, 0.2) is 42.5 Å². The predicted octanol–water partition coefficient (Wildman–Crippen LogP) is 2.23. The maximum atomic E-state index is 13.1. The number of amides is 3. The number of piperidine rings is 1. The minimum Gasteiger partial charge on any atom is -0.497 e. The summed E-state index contributed by atoms with van der Waals surface area (Å²) in [6, 6.07) is 11.2. The van der Waals surface area contributed by atoms with E-state index in [0.717, 1.165) is 0 Å². The van der Waals surface area contributed by atoms with Gasteiger partial charge in [-0.3, -0.25) is 14.4 Å². The van der Waals surface area contributed by atoms with Gasteiger partial charge in [0.2, 0.25) is 12.7 Å². The molecule has 0 aliphatic carbocycles. The van der Waals surface area contributed by atoms with E-state index in [-0.39, 0.29) is 30.4 Å². The van der Waals surface area contributed by atoms with E-state index in [4.69, 9.17) is 18.9 Å². The molecule has 2 aliphatic rings. The number of rotatable bonds is 10. The second-order valence-corrected chi connectivity index (χ2v) is 9.01. The molecule has 2 aliphatic heterocycles. The minimum absolute atomic E-state index is 0.0976. The molecule has 2 N–H and O–H groups in total. The van der Waals surface area contributed by atoms with Crippen LogP contribution in [0.5, 0.6) is 17.2 Å². The Labute approximate surface area is 216 Å². The largest absolute Gasteiger partial charge is 0.497 e. The van der Waals surface area contributed by atoms with E-state index in [1.807, 2.05) is 0 Å². The average molecular weight is 512 g/mol. The van der Waals surface area contributed by atoms with Gasteiger partial charge in [0, 0.05) is 44.5 Å². The Morgan fingerprint density at radius 2 is 1.70 bits per heavy atom. The van der Waals surface area contributed by atoms with Crippen molar-refractivity contribution in [3.8, 4) is 17.2 Å². The third kappa shape index (κ3) is 6.51. The first-order valence-electron chi connectivity index (χ1n) is 12.4. The first kappa shape index (κ1) is 26.3. The monoisotopic (exact) mass is 511 g/mol. The number of nitrogens with one attached hydrogen (secondary N) is 2. The van der Waals surface area contributed by atoms with E-state index < -0.39 is 6.04 Å². The third-order valence-electron chi connectivity index (χ3n) is 6.66. The van der Waals surface area contributed by atoms with E-state index in [0.29, 0.717) is 73.9 Å². The fraction of sp³-hybridized carbons (Fsp3) is 0.444. The van der Waals surface area contributed by atoms with E-state index in [1.54, 1.807) is 61.6 Å². The number of fused-ring (bicyclic) bond motifs is 1. The van der Waals surface area contributed by atoms with Crippen molar-refractivity contribution in [3.63, 3.8) is 0 Å². The summed E-state index contributed by atoms with van der Waals surface area (Å²) in [5.74, 6) is 1.04. The lowest BCUT2D eigenvalue weighted by Crippen LogP contribution is -2.54. The minimum atomic E-state index is -0.722. The summed E-state index contributed by atoms with van der Waals surface area (Å²) in [7, 11) is 3.17. The number of hydrogen-bond acceptors (Lipinski definition) is 7. The normalized spacial score (nSPS) is 15.7. The number of benzene rings is 2. The van der Waals surface area contributed by atoms with Crippen molar-refractivity contribution in [3.05, 3.63) is 53.6 Å². The van der Waals surface area contributed by atoms with Crippen LogP contribution in [0.1, 0.15) is 40.0 Å². The number of methoxy groups -OCH3 is 2. The number of hydrogen-bond donors (Lipinski definition) is 2. The zero-order valence-electron chi connectivity index (χ0n) is 21.2. The first-order valence-corrected chi connectivity index (χ1v) is 12.4. The molecular formula is C27H33N3O7. The average Bonchev–Trinajstić information content (AvgIpc) is 3.41. The molecule has 1 atom stereocenters. The lowest BCUT2D eigenvalue weighted by molar-refractivity contribution is -0.124. The molecule has 0 radical (unpaired) electrons. The van der Waals surface area contributed by atoms with Crippen LogP contribution in [0, 0.1) is 5.92 Å². The summed E-state index contributed by atoms with van der Waals surface area (Å²) < 4.78 is 20.9. The molecule has 37 heavy (non-hydrogen) atoms. The molecule has 2 aromatic rings. The Bertz CT molecular complexity index is 1100. The summed E-state index contributed by atoms with van der Waals surface area (Å²) in [6.45, 7) is 2.08. The van der Waals surface area contributed by atoms with Gasteiger partial charge in [0.15, 0.2) is 11.5 Å². The van der Waals surface area contributed by atoms with E-state index in [9.17, 15) is 14.4 Å². The molecule has 0 unspecified atom stereocenters. The summed E-state index contributed by atoms with van der Waals surface area (Å²) in [5.41, 5.74) is 0.969. The number of carbonyl (C=O) groups is 3. The molecule has 1 saturated heterocycles. The molecule has 2 heterocycles. The second kappa shape index (κ2) is 12.4. The van der Waals surface area contributed by atoms with Gasteiger partial charge in [-0.05, 0) is 67.6 Å². The summed E-state index contributed by atoms with van der Waals surface area (Å²) in [5, 5.41) is 5.84. The SMILES string of the molecule is COCCCNC(=O)[C@@H](NC(=O)c1ccc(OC)cc1)C1CCN(C(=O)c2ccc3c(c2)OCO3)CC1. The third-order valence-corrected chi connectivity index (χ3v) is 6.66. The Hall–Kier alpha value is -3.79. The maximum Gasteiger partial charge on any atom is 0.253 e. The Balaban J connectivity index is 1.40. The van der Waals surface area contributed by atoms with E-state index >= 15 is 0 Å². The van der Waals surface area contributed by atoms with Crippen molar-refractivity contribution in [1.82, 2.24) is 15.5 Å². The highest BCUT2D eigenvalue weighted by molar-refractivity contribution is 5.98. The van der Waals surface area contributed by atoms with Crippen LogP contribution < -0.4 is 24.8 Å². The standard InChI is InChI=1S/C27H33N3O7/c1-34-15-3-12-28-26(32)24(29-25(31)19-4-7-21(35-2)8-5-19)18-10-13-30(14-11-18)27(33)20-6-9-22-23(16-20)37-17-36-22/h4-9,16,18,24H,3,10-15,17H2,1-2H3,(H,28,32)(H,29,31)/t24-/m0/s1. The van der Waals surface area contributed by atoms with Gasteiger partial charge in [-0.25, -0.2) is 0 Å². The summed E-state index contributed by atoms with van der Waals surface area (Å²) in [4.78, 5) is 41.0. The van der Waals surface area contributed by atoms with Gasteiger partial charge in [0.25, 0.3) is 11.8 Å². The number of likely N-dealkylation sites (tertiary alicyclic amines) is 1. The van der Waals surface area contributed by atoms with Crippen LogP contribution in [0.25, 0.3) is 0 Å². The van der Waals surface area contributed by atoms with Crippen molar-refractivity contribution in [2.45, 2.75) is 25.3 Å². The lowest BCUT2D eigenvalue weighted by atomic mass is 9.88. The van der Waals surface area contributed by atoms with Crippen molar-refractivity contribution in [2.75, 3.05) is 47.3 Å². The number of nitrogens with zero attached hydrogens (tertiary/aromatic N) is 1. The van der Waals surface area contributed by atoms with Crippen LogP contribution >= 0.6 is 0 Å². The molecule has 0 spiro atoms. The molecule has 0 aromatic heterocycles. The van der Waals surface area contributed by atoms with Crippen molar-refractivity contribution < 1.29 is 33.3 Å². The molecule has 10 heteroatoms. The molecule has 0 bridgehead atoms. The first-order chi connectivity index (χ1) is 18.0. The van der Waals surface area contributed by atoms with Crippen molar-refractivity contribution >= 4 is 17.7 Å². The van der Waals surface area contributed by atoms with Crippen LogP contribution in [0.4, 0.5) is 0 Å². The van der Waals surface area contributed by atoms with Crippen molar-refractivity contribution in [1.29, 1.82) is 0 Å². The van der Waals surface area contributed by atoms with E-state index in [2.05, 4.69) is 10.6 Å². The van der Waals surface area contributed by atoms with Crippen molar-refractivity contribution in [2.24, 2.45) is 5.92 Å². The molecule has 10 nitrogen and oxygen atoms in total. The lowest BCUT2D eigenvalue weighted by Gasteiger charge is -2.36. The highest BCUT2D eigenvalue weighted by atomic mass is 16.7. The Morgan fingerprint density at radius 3 is 2.41 bits per heavy atom. The molecule has 0 saturated carbocycles. The molecular weight excluding hydrogens is 478 g/mol. The topological polar surface area (TPSA) is 115 Å². The summed E-state index contributed by atoms with van der Waals surface area (Å²) >= 11 is 0. The maximum absolute atomic E-state index is 13.1. The van der Waals surface area contributed by atoms with Gasteiger partial charge in [0.05, 0.1) is 7.11 Å². The molecule has 1 fully saturated rings. The predicted molar refractivity (Wildman–Crippen MR) is 135 cm³/mol. The quantitative estimate of drug-likeness (QED) is 0.470.